The zero-order valence-electron chi connectivity index (χ0n) is 21.6. The van der Waals surface area contributed by atoms with Gasteiger partial charge in [-0.15, -0.1) is 0 Å². The van der Waals surface area contributed by atoms with Gasteiger partial charge in [-0.2, -0.15) is 0 Å². The number of carboxylic acid groups (broad SMARTS) is 1. The molecule has 0 unspecified atom stereocenters. The van der Waals surface area contributed by atoms with Crippen molar-refractivity contribution in [3.05, 3.63) is 58.6 Å². The highest BCUT2D eigenvalue weighted by Gasteiger charge is 2.28. The molecule has 0 saturated heterocycles. The monoisotopic (exact) mass is 533 g/mol. The van der Waals surface area contributed by atoms with Crippen LogP contribution in [0.3, 0.4) is 0 Å². The Morgan fingerprint density at radius 1 is 0.973 bits per heavy atom. The molecule has 9 nitrogen and oxygen atoms in total. The van der Waals surface area contributed by atoms with Gasteiger partial charge in [0, 0.05) is 24.0 Å². The Hall–Kier alpha value is -3.30. The topological polar surface area (TPSA) is 137 Å². The molecule has 37 heavy (non-hydrogen) atoms. The molecule has 202 valence electrons. The first-order chi connectivity index (χ1) is 17.5. The Labute approximate surface area is 222 Å². The van der Waals surface area contributed by atoms with Crippen LogP contribution in [0.1, 0.15) is 50.0 Å². The van der Waals surface area contributed by atoms with Crippen molar-refractivity contribution in [3.63, 3.8) is 0 Å². The average Bonchev–Trinajstić information content (AvgIpc) is 2.82. The van der Waals surface area contributed by atoms with E-state index in [0.717, 1.165) is 0 Å². The first-order valence-electron chi connectivity index (χ1n) is 12.2. The number of carboxylic acids is 1. The molecule has 10 heteroatoms. The van der Waals surface area contributed by atoms with Crippen LogP contribution in [0.2, 0.25) is 5.02 Å². The molecule has 0 bridgehead atoms. The van der Waals surface area contributed by atoms with Crippen LogP contribution in [0.4, 0.5) is 0 Å². The van der Waals surface area contributed by atoms with Crippen LogP contribution in [0, 0.1) is 5.92 Å². The maximum Gasteiger partial charge on any atom is 0.326 e. The van der Waals surface area contributed by atoms with Gasteiger partial charge in [0.25, 0.3) is 5.91 Å². The number of ether oxygens (including phenoxy) is 1. The number of carbonyl (C=O) groups excluding carboxylic acids is 2. The Morgan fingerprint density at radius 2 is 1.65 bits per heavy atom. The molecule has 0 aliphatic rings. The first-order valence-corrected chi connectivity index (χ1v) is 12.6. The number of hydrogen-bond acceptors (Lipinski definition) is 6. The maximum absolute atomic E-state index is 13.2. The number of carbonyl (C=O) groups is 3. The van der Waals surface area contributed by atoms with E-state index in [0.29, 0.717) is 29.5 Å². The Morgan fingerprint density at radius 3 is 2.24 bits per heavy atom. The second-order valence-electron chi connectivity index (χ2n) is 9.52. The predicted octanol–water partition coefficient (Wildman–Crippen LogP) is 3.38. The highest BCUT2D eigenvalue weighted by Crippen LogP contribution is 2.23. The molecule has 0 fully saturated rings. The summed E-state index contributed by atoms with van der Waals surface area (Å²) in [5.74, 6) is -1.96. The fraction of sp³-hybridized carbons (Fsp3) is 0.444. The number of halogens is 1. The van der Waals surface area contributed by atoms with Gasteiger partial charge in [-0.25, -0.2) is 4.79 Å². The molecule has 0 aliphatic carbocycles. The number of aliphatic carboxylic acids is 1. The van der Waals surface area contributed by atoms with E-state index in [1.165, 1.54) is 18.2 Å². The molecule has 0 aliphatic heterocycles. The minimum Gasteiger partial charge on any atom is -0.508 e. The van der Waals surface area contributed by atoms with Crippen molar-refractivity contribution in [1.82, 2.24) is 16.0 Å². The van der Waals surface area contributed by atoms with E-state index in [9.17, 15) is 24.6 Å². The summed E-state index contributed by atoms with van der Waals surface area (Å²) in [6.45, 7) is 8.73. The van der Waals surface area contributed by atoms with Crippen LogP contribution in [0.5, 0.6) is 11.5 Å². The van der Waals surface area contributed by atoms with Crippen LogP contribution in [-0.2, 0) is 16.0 Å². The van der Waals surface area contributed by atoms with Crippen molar-refractivity contribution in [2.45, 2.75) is 58.7 Å². The number of rotatable bonds is 14. The molecule has 2 aromatic carbocycles. The van der Waals surface area contributed by atoms with Gasteiger partial charge in [0.2, 0.25) is 5.91 Å². The van der Waals surface area contributed by atoms with Crippen molar-refractivity contribution in [1.29, 1.82) is 0 Å². The third-order valence-electron chi connectivity index (χ3n) is 5.42. The first kappa shape index (κ1) is 29.9. The fourth-order valence-electron chi connectivity index (χ4n) is 3.59. The summed E-state index contributed by atoms with van der Waals surface area (Å²) >= 11 is 6.13. The lowest BCUT2D eigenvalue weighted by Crippen LogP contribution is -2.52. The number of phenols is 1. The summed E-state index contributed by atoms with van der Waals surface area (Å²) in [4.78, 5) is 38.2. The van der Waals surface area contributed by atoms with E-state index < -0.39 is 29.9 Å². The number of hydrogen-bond donors (Lipinski definition) is 5. The molecule has 0 radical (unpaired) electrons. The molecule has 2 rings (SSSR count). The Bertz CT molecular complexity index is 1060. The van der Waals surface area contributed by atoms with E-state index in [-0.39, 0.29) is 36.1 Å². The number of phenolic OH excluding ortho intramolecular Hbond substituents is 1. The van der Waals surface area contributed by atoms with Gasteiger partial charge in [-0.3, -0.25) is 9.59 Å². The molecule has 0 spiro atoms. The molecule has 0 aromatic heterocycles. The average molecular weight is 534 g/mol. The van der Waals surface area contributed by atoms with Crippen LogP contribution in [0.25, 0.3) is 0 Å². The Kier molecular flexibility index (Phi) is 11.7. The van der Waals surface area contributed by atoms with E-state index in [4.69, 9.17) is 16.3 Å². The van der Waals surface area contributed by atoms with Gasteiger partial charge >= 0.3 is 5.97 Å². The quantitative estimate of drug-likeness (QED) is 0.235. The molecule has 2 amide bonds. The second-order valence-corrected chi connectivity index (χ2v) is 9.96. The summed E-state index contributed by atoms with van der Waals surface area (Å²) in [5.41, 5.74) is 0.806. The largest absolute Gasteiger partial charge is 0.508 e. The number of aromatic hydroxyl groups is 1. The van der Waals surface area contributed by atoms with Gasteiger partial charge in [0.1, 0.15) is 30.2 Å². The van der Waals surface area contributed by atoms with Crippen molar-refractivity contribution < 1.29 is 29.3 Å². The van der Waals surface area contributed by atoms with Gasteiger partial charge in [-0.05, 0) is 48.2 Å². The lowest BCUT2D eigenvalue weighted by Gasteiger charge is -2.23. The minimum atomic E-state index is -1.22. The van der Waals surface area contributed by atoms with Crippen molar-refractivity contribution in [2.75, 3.05) is 13.2 Å². The molecule has 0 heterocycles. The zero-order chi connectivity index (χ0) is 27.5. The van der Waals surface area contributed by atoms with E-state index in [2.05, 4.69) is 16.0 Å². The van der Waals surface area contributed by atoms with Gasteiger partial charge in [0.15, 0.2) is 0 Å². The molecular weight excluding hydrogens is 498 g/mol. The third kappa shape index (κ3) is 10.3. The van der Waals surface area contributed by atoms with Gasteiger partial charge < -0.3 is 30.9 Å². The molecule has 2 aromatic rings. The third-order valence-corrected chi connectivity index (χ3v) is 5.65. The lowest BCUT2D eigenvalue weighted by molar-refractivity contribution is -0.142. The van der Waals surface area contributed by atoms with Gasteiger partial charge in [-0.1, -0.05) is 51.4 Å². The maximum atomic E-state index is 13.2. The summed E-state index contributed by atoms with van der Waals surface area (Å²) in [6.07, 6.45) is 0.304. The fourth-order valence-corrected chi connectivity index (χ4v) is 3.77. The van der Waals surface area contributed by atoms with Crippen molar-refractivity contribution in [2.24, 2.45) is 5.92 Å². The van der Waals surface area contributed by atoms with Gasteiger partial charge in [0.05, 0.1) is 5.56 Å². The number of nitrogens with one attached hydrogen (secondary N) is 3. The van der Waals surface area contributed by atoms with Crippen molar-refractivity contribution >= 4 is 29.4 Å². The summed E-state index contributed by atoms with van der Waals surface area (Å²) < 4.78 is 5.78. The summed E-state index contributed by atoms with van der Waals surface area (Å²) in [6, 6.07) is 8.83. The summed E-state index contributed by atoms with van der Waals surface area (Å²) in [7, 11) is 0. The van der Waals surface area contributed by atoms with Crippen molar-refractivity contribution in [3.8, 4) is 11.5 Å². The zero-order valence-corrected chi connectivity index (χ0v) is 22.3. The molecule has 2 atom stereocenters. The summed E-state index contributed by atoms with van der Waals surface area (Å²) in [5, 5.41) is 28.0. The van der Waals surface area contributed by atoms with Crippen LogP contribution in [-0.4, -0.2) is 59.3 Å². The molecule has 0 saturated carbocycles. The minimum absolute atomic E-state index is 0.0143. The van der Waals surface area contributed by atoms with E-state index in [1.54, 1.807) is 24.3 Å². The van der Waals surface area contributed by atoms with Crippen LogP contribution >= 0.6 is 11.6 Å². The lowest BCUT2D eigenvalue weighted by atomic mass is 10.0. The Balaban J connectivity index is 2.16. The highest BCUT2D eigenvalue weighted by atomic mass is 35.5. The number of benzene rings is 2. The van der Waals surface area contributed by atoms with Crippen LogP contribution < -0.4 is 20.7 Å². The van der Waals surface area contributed by atoms with Crippen LogP contribution in [0.15, 0.2) is 42.5 Å². The molecule has 5 N–H and O–H groups in total. The normalized spacial score (nSPS) is 12.7. The number of amides is 2. The highest BCUT2D eigenvalue weighted by molar-refractivity contribution is 6.31. The van der Waals surface area contributed by atoms with E-state index in [1.807, 2.05) is 27.7 Å². The smallest absolute Gasteiger partial charge is 0.326 e. The standard InChI is InChI=1S/C27H36ClN3O6/c1-16(2)13-22(26(34)31-23(27(35)36)14-18-5-8-20(32)9-6-18)30-25(33)21-15-19(28)7-10-24(21)37-12-11-29-17(3)4/h5-10,15-17,22-23,29,32H,11-14H2,1-4H3,(H,30,33)(H,31,34)(H,35,36)/t22-,23-/m0/s1. The molecular formula is C27H36ClN3O6. The van der Waals surface area contributed by atoms with E-state index >= 15 is 0 Å². The second kappa shape index (κ2) is 14.4. The SMILES string of the molecule is CC(C)C[C@H](NC(=O)c1cc(Cl)ccc1OCCNC(C)C)C(=O)N[C@@H](Cc1ccc(O)cc1)C(=O)O. The predicted molar refractivity (Wildman–Crippen MR) is 142 cm³/mol.